The van der Waals surface area contributed by atoms with Crippen LogP contribution in [0.5, 0.6) is 0 Å². The van der Waals surface area contributed by atoms with Gasteiger partial charge < -0.3 is 4.43 Å². The quantitative estimate of drug-likeness (QED) is 0.123. The molecule has 0 aromatic carbocycles. The molecule has 1 aliphatic carbocycles. The molecule has 0 heterocycles. The van der Waals surface area contributed by atoms with Gasteiger partial charge in [0.1, 0.15) is 6.10 Å². The van der Waals surface area contributed by atoms with Crippen LogP contribution in [0.15, 0.2) is 36.5 Å². The number of allylic oxidation sites excluding steroid dienone is 5. The first-order valence-electron chi connectivity index (χ1n) is 12.2. The third-order valence-electron chi connectivity index (χ3n) is 6.44. The van der Waals surface area contributed by atoms with Gasteiger partial charge in [-0.2, -0.15) is 0 Å². The molecule has 0 unspecified atom stereocenters. The summed E-state index contributed by atoms with van der Waals surface area (Å²) in [6.45, 7) is 11.1. The van der Waals surface area contributed by atoms with Crippen molar-refractivity contribution >= 4 is 14.1 Å². The minimum absolute atomic E-state index is 0.195. The molecule has 0 radical (unpaired) electrons. The largest absolute Gasteiger partial charge is 0.406 e. The zero-order valence-electron chi connectivity index (χ0n) is 19.8. The summed E-state index contributed by atoms with van der Waals surface area (Å²) in [6, 6.07) is 3.33. The molecule has 0 aromatic heterocycles. The highest BCUT2D eigenvalue weighted by Gasteiger charge is 2.37. The van der Waals surface area contributed by atoms with Crippen LogP contribution in [-0.4, -0.2) is 20.2 Å². The zero-order chi connectivity index (χ0) is 21.5. The van der Waals surface area contributed by atoms with Gasteiger partial charge in [-0.15, -0.1) is 0 Å². The van der Waals surface area contributed by atoms with Gasteiger partial charge in [-0.3, -0.25) is 4.79 Å². The topological polar surface area (TPSA) is 26.3 Å². The highest BCUT2D eigenvalue weighted by Crippen LogP contribution is 2.33. The van der Waals surface area contributed by atoms with Gasteiger partial charge in [0.25, 0.3) is 0 Å². The maximum atomic E-state index is 13.1. The van der Waals surface area contributed by atoms with Crippen molar-refractivity contribution in [3.8, 4) is 0 Å². The summed E-state index contributed by atoms with van der Waals surface area (Å²) in [5.74, 6) is 1.25. The van der Waals surface area contributed by atoms with Gasteiger partial charge in [0, 0.05) is 0 Å². The summed E-state index contributed by atoms with van der Waals surface area (Å²) in [5.41, 5.74) is 0. The van der Waals surface area contributed by atoms with E-state index in [1.807, 2.05) is 6.08 Å². The fourth-order valence-corrected chi connectivity index (χ4v) is 7.05. The van der Waals surface area contributed by atoms with Crippen molar-refractivity contribution < 1.29 is 9.22 Å². The van der Waals surface area contributed by atoms with Crippen LogP contribution in [-0.2, 0) is 9.22 Å². The van der Waals surface area contributed by atoms with E-state index in [-0.39, 0.29) is 11.9 Å². The lowest BCUT2D eigenvalue weighted by molar-refractivity contribution is -0.124. The zero-order valence-corrected chi connectivity index (χ0v) is 20.8. The minimum atomic E-state index is -1.78. The van der Waals surface area contributed by atoms with Crippen LogP contribution in [0.4, 0.5) is 0 Å². The Balaban J connectivity index is 2.61. The van der Waals surface area contributed by atoms with E-state index in [9.17, 15) is 4.79 Å². The SMILES string of the molecule is CC[Si](CC)(CC)O[C@H](C(=O)/C=C/CCC/C=C/C=C/C(C)C)C1CCCCC1. The van der Waals surface area contributed by atoms with Gasteiger partial charge in [0.05, 0.1) is 0 Å². The lowest BCUT2D eigenvalue weighted by Gasteiger charge is -2.37. The van der Waals surface area contributed by atoms with E-state index in [0.29, 0.717) is 11.8 Å². The first-order chi connectivity index (χ1) is 14.0. The van der Waals surface area contributed by atoms with Crippen molar-refractivity contribution in [3.63, 3.8) is 0 Å². The van der Waals surface area contributed by atoms with E-state index in [4.69, 9.17) is 4.43 Å². The summed E-state index contributed by atoms with van der Waals surface area (Å²) >= 11 is 0. The van der Waals surface area contributed by atoms with E-state index in [2.05, 4.69) is 65.0 Å². The highest BCUT2D eigenvalue weighted by molar-refractivity contribution is 6.73. The van der Waals surface area contributed by atoms with Crippen molar-refractivity contribution in [3.05, 3.63) is 36.5 Å². The average Bonchev–Trinajstić information content (AvgIpc) is 2.74. The molecule has 1 aliphatic rings. The molecule has 1 saturated carbocycles. The maximum absolute atomic E-state index is 13.1. The molecule has 0 spiro atoms. The van der Waals surface area contributed by atoms with Gasteiger partial charge in [-0.05, 0) is 68.1 Å². The van der Waals surface area contributed by atoms with Crippen LogP contribution in [0.1, 0.15) is 86.0 Å². The Morgan fingerprint density at radius 2 is 1.59 bits per heavy atom. The average molecular weight is 419 g/mol. The van der Waals surface area contributed by atoms with Crippen molar-refractivity contribution in [2.24, 2.45) is 11.8 Å². The fraction of sp³-hybridized carbons (Fsp3) is 0.731. The van der Waals surface area contributed by atoms with Crippen LogP contribution in [0.25, 0.3) is 0 Å². The molecule has 1 fully saturated rings. The number of hydrogen-bond donors (Lipinski definition) is 0. The van der Waals surface area contributed by atoms with Crippen LogP contribution >= 0.6 is 0 Å². The van der Waals surface area contributed by atoms with E-state index in [0.717, 1.165) is 50.2 Å². The standard InChI is InChI=1S/C26H46O2Si/c1-6-29(7-2,8-3)28-26(24-20-16-14-17-21-24)25(27)22-18-13-11-9-10-12-15-19-23(4)5/h10,12,15,18-19,22-24,26H,6-9,11,13-14,16-17,20-21H2,1-5H3/b12-10+,19-15+,22-18+/t26-/m0/s1. The number of ketones is 1. The molecular formula is C26H46O2Si. The second-order valence-electron chi connectivity index (χ2n) is 8.97. The van der Waals surface area contributed by atoms with Gasteiger partial charge in [-0.1, -0.05) is 84.3 Å². The van der Waals surface area contributed by atoms with Gasteiger partial charge in [0.2, 0.25) is 0 Å². The van der Waals surface area contributed by atoms with Crippen LogP contribution in [0, 0.1) is 11.8 Å². The molecule has 29 heavy (non-hydrogen) atoms. The Morgan fingerprint density at radius 1 is 0.966 bits per heavy atom. The first-order valence-corrected chi connectivity index (χ1v) is 14.7. The lowest BCUT2D eigenvalue weighted by atomic mass is 9.84. The number of carbonyl (C=O) groups excluding carboxylic acids is 1. The molecule has 1 rings (SSSR count). The van der Waals surface area contributed by atoms with Crippen molar-refractivity contribution in [1.29, 1.82) is 0 Å². The van der Waals surface area contributed by atoms with E-state index in [1.165, 1.54) is 19.3 Å². The molecule has 0 N–H and O–H groups in total. The monoisotopic (exact) mass is 418 g/mol. The molecule has 0 amide bonds. The Hall–Kier alpha value is -0.933. The summed E-state index contributed by atoms with van der Waals surface area (Å²) in [7, 11) is -1.78. The van der Waals surface area contributed by atoms with Crippen molar-refractivity contribution in [2.45, 2.75) is 110 Å². The summed E-state index contributed by atoms with van der Waals surface area (Å²) in [4.78, 5) is 13.1. The smallest absolute Gasteiger partial charge is 0.193 e. The Kier molecular flexibility index (Phi) is 13.5. The van der Waals surface area contributed by atoms with Crippen molar-refractivity contribution in [2.75, 3.05) is 0 Å². The second-order valence-corrected chi connectivity index (χ2v) is 13.7. The maximum Gasteiger partial charge on any atom is 0.193 e. The third-order valence-corrected chi connectivity index (χ3v) is 11.1. The minimum Gasteiger partial charge on any atom is -0.406 e. The summed E-state index contributed by atoms with van der Waals surface area (Å²) in [5, 5.41) is 0. The summed E-state index contributed by atoms with van der Waals surface area (Å²) < 4.78 is 6.75. The summed E-state index contributed by atoms with van der Waals surface area (Å²) in [6.07, 6.45) is 21.6. The molecule has 0 bridgehead atoms. The van der Waals surface area contributed by atoms with Crippen LogP contribution in [0.3, 0.4) is 0 Å². The van der Waals surface area contributed by atoms with Crippen LogP contribution < -0.4 is 0 Å². The van der Waals surface area contributed by atoms with Gasteiger partial charge in [0.15, 0.2) is 14.1 Å². The number of unbranched alkanes of at least 4 members (excludes halogenated alkanes) is 2. The number of carbonyl (C=O) groups is 1. The van der Waals surface area contributed by atoms with E-state index < -0.39 is 8.32 Å². The predicted molar refractivity (Wildman–Crippen MR) is 130 cm³/mol. The Bertz CT molecular complexity index is 515. The van der Waals surface area contributed by atoms with Gasteiger partial charge >= 0.3 is 0 Å². The molecule has 0 aromatic rings. The Labute approximate surface area is 182 Å². The van der Waals surface area contributed by atoms with E-state index in [1.54, 1.807) is 0 Å². The van der Waals surface area contributed by atoms with Crippen molar-refractivity contribution in [1.82, 2.24) is 0 Å². The molecule has 166 valence electrons. The highest BCUT2D eigenvalue weighted by atomic mass is 28.4. The molecule has 2 nitrogen and oxygen atoms in total. The lowest BCUT2D eigenvalue weighted by Crippen LogP contribution is -2.45. The molecular weight excluding hydrogens is 372 g/mol. The molecule has 0 aliphatic heterocycles. The third kappa shape index (κ3) is 10.1. The van der Waals surface area contributed by atoms with E-state index >= 15 is 0 Å². The molecule has 1 atom stereocenters. The Morgan fingerprint density at radius 3 is 2.17 bits per heavy atom. The molecule has 3 heteroatoms. The molecule has 0 saturated heterocycles. The second kappa shape index (κ2) is 15.0. The number of hydrogen-bond acceptors (Lipinski definition) is 2. The normalized spacial score (nSPS) is 17.9. The van der Waals surface area contributed by atoms with Gasteiger partial charge in [-0.25, -0.2) is 0 Å². The van der Waals surface area contributed by atoms with Crippen LogP contribution in [0.2, 0.25) is 18.1 Å². The number of rotatable bonds is 14. The predicted octanol–water partition coefficient (Wildman–Crippen LogP) is 8.02. The fourth-order valence-electron chi connectivity index (χ4n) is 4.20. The first kappa shape index (κ1) is 26.1.